The average molecular weight is 360 g/mol. The highest BCUT2D eigenvalue weighted by Gasteiger charge is 2.44. The van der Waals surface area contributed by atoms with Gasteiger partial charge in [0.15, 0.2) is 5.96 Å². The number of aryl methyl sites for hydroxylation is 2. The summed E-state index contributed by atoms with van der Waals surface area (Å²) in [6, 6.07) is 8.21. The van der Waals surface area contributed by atoms with E-state index in [0.717, 1.165) is 29.8 Å². The van der Waals surface area contributed by atoms with Crippen molar-refractivity contribution >= 4 is 17.6 Å². The predicted molar refractivity (Wildman–Crippen MR) is 103 cm³/mol. The maximum absolute atomic E-state index is 6.01. The predicted octanol–water partition coefficient (Wildman–Crippen LogP) is 3.09. The largest absolute Gasteiger partial charge is 0.356 e. The fraction of sp³-hybridized carbons (Fsp3) is 0.474. The number of hydrogen-bond acceptors (Lipinski definition) is 2. The van der Waals surface area contributed by atoms with Crippen LogP contribution in [0.1, 0.15) is 35.4 Å². The number of aromatic nitrogens is 2. The topological polar surface area (TPSA) is 54.2 Å². The minimum atomic E-state index is 0.211. The number of aliphatic imine (C=N–C) groups is 1. The van der Waals surface area contributed by atoms with Crippen LogP contribution in [0, 0.1) is 13.8 Å². The number of hydrogen-bond donors (Lipinski definition) is 2. The van der Waals surface area contributed by atoms with E-state index in [1.807, 2.05) is 30.8 Å². The zero-order valence-electron chi connectivity index (χ0n) is 15.4. The van der Waals surface area contributed by atoms with Gasteiger partial charge in [-0.05, 0) is 44.4 Å². The first-order valence-electron chi connectivity index (χ1n) is 8.65. The summed E-state index contributed by atoms with van der Waals surface area (Å²) in [5, 5.41) is 12.1. The van der Waals surface area contributed by atoms with Crippen molar-refractivity contribution in [3.05, 3.63) is 51.8 Å². The molecule has 0 aliphatic heterocycles. The van der Waals surface area contributed by atoms with E-state index in [4.69, 9.17) is 11.6 Å². The van der Waals surface area contributed by atoms with E-state index >= 15 is 0 Å². The van der Waals surface area contributed by atoms with Gasteiger partial charge in [-0.3, -0.25) is 9.67 Å². The van der Waals surface area contributed by atoms with E-state index in [-0.39, 0.29) is 5.41 Å². The fourth-order valence-corrected chi connectivity index (χ4v) is 3.37. The van der Waals surface area contributed by atoms with Gasteiger partial charge in [0.2, 0.25) is 0 Å². The molecule has 0 unspecified atom stereocenters. The number of rotatable bonds is 5. The van der Waals surface area contributed by atoms with Crippen LogP contribution in [0.3, 0.4) is 0 Å². The summed E-state index contributed by atoms with van der Waals surface area (Å²) in [5.41, 5.74) is 5.02. The van der Waals surface area contributed by atoms with Crippen LogP contribution in [0.4, 0.5) is 0 Å². The number of halogens is 1. The second-order valence-corrected chi connectivity index (χ2v) is 7.28. The Hall–Kier alpha value is -2.01. The van der Waals surface area contributed by atoms with Crippen molar-refractivity contribution in [2.45, 2.75) is 38.6 Å². The Labute approximate surface area is 154 Å². The van der Waals surface area contributed by atoms with Gasteiger partial charge < -0.3 is 10.6 Å². The first-order chi connectivity index (χ1) is 11.9. The maximum atomic E-state index is 6.01. The Morgan fingerprint density at radius 1 is 1.24 bits per heavy atom. The summed E-state index contributed by atoms with van der Waals surface area (Å²) in [4.78, 5) is 4.35. The molecular weight excluding hydrogens is 334 g/mol. The fourth-order valence-electron chi connectivity index (χ4n) is 3.24. The SMILES string of the molecule is CN=C(NCc1c(C)nn(C)c1C)NCC1(c2ccc(Cl)cc2)CC1. The van der Waals surface area contributed by atoms with Gasteiger partial charge >= 0.3 is 0 Å². The molecule has 1 aliphatic carbocycles. The molecule has 6 heteroatoms. The van der Waals surface area contributed by atoms with Gasteiger partial charge in [0.1, 0.15) is 0 Å². The molecule has 1 saturated carbocycles. The second kappa shape index (κ2) is 7.08. The Bertz CT molecular complexity index is 772. The highest BCUT2D eigenvalue weighted by Crippen LogP contribution is 2.47. The van der Waals surface area contributed by atoms with E-state index < -0.39 is 0 Å². The highest BCUT2D eigenvalue weighted by atomic mass is 35.5. The van der Waals surface area contributed by atoms with Crippen molar-refractivity contribution < 1.29 is 0 Å². The Morgan fingerprint density at radius 3 is 2.44 bits per heavy atom. The standard InChI is InChI=1S/C19H26ClN5/c1-13-17(14(2)25(4)24-13)11-22-18(21-3)23-12-19(9-10-19)15-5-7-16(20)8-6-15/h5-8H,9-12H2,1-4H3,(H2,21,22,23). The van der Waals surface area contributed by atoms with Gasteiger partial charge in [-0.25, -0.2) is 0 Å². The van der Waals surface area contributed by atoms with Gasteiger partial charge in [-0.15, -0.1) is 0 Å². The Kier molecular flexibility index (Phi) is 5.04. The molecule has 1 fully saturated rings. The molecule has 0 radical (unpaired) electrons. The normalized spacial score (nSPS) is 16.0. The molecule has 2 N–H and O–H groups in total. The molecule has 5 nitrogen and oxygen atoms in total. The number of nitrogens with zero attached hydrogens (tertiary/aromatic N) is 3. The molecule has 134 valence electrons. The Morgan fingerprint density at radius 2 is 1.92 bits per heavy atom. The molecule has 0 saturated heterocycles. The van der Waals surface area contributed by atoms with E-state index in [2.05, 4.69) is 39.8 Å². The van der Waals surface area contributed by atoms with Gasteiger partial charge in [0.05, 0.1) is 5.69 Å². The molecule has 0 bridgehead atoms. The van der Waals surface area contributed by atoms with Gasteiger partial charge in [0, 0.05) is 48.9 Å². The molecule has 1 aromatic carbocycles. The van der Waals surface area contributed by atoms with Gasteiger partial charge in [-0.2, -0.15) is 5.10 Å². The van der Waals surface area contributed by atoms with Crippen LogP contribution in [0.2, 0.25) is 5.02 Å². The van der Waals surface area contributed by atoms with Crippen LogP contribution in [0.15, 0.2) is 29.3 Å². The highest BCUT2D eigenvalue weighted by molar-refractivity contribution is 6.30. The van der Waals surface area contributed by atoms with E-state index in [1.165, 1.54) is 29.7 Å². The number of nitrogens with one attached hydrogen (secondary N) is 2. The molecule has 1 aliphatic rings. The quantitative estimate of drug-likeness (QED) is 0.637. The summed E-state index contributed by atoms with van der Waals surface area (Å²) in [5.74, 6) is 0.822. The average Bonchev–Trinajstić information content (AvgIpc) is 3.34. The van der Waals surface area contributed by atoms with E-state index in [9.17, 15) is 0 Å². The lowest BCUT2D eigenvalue weighted by Gasteiger charge is -2.19. The van der Waals surface area contributed by atoms with Crippen LogP contribution in [0.5, 0.6) is 0 Å². The van der Waals surface area contributed by atoms with Crippen LogP contribution >= 0.6 is 11.6 Å². The third-order valence-corrected chi connectivity index (χ3v) is 5.47. The van der Waals surface area contributed by atoms with Gasteiger partial charge in [-0.1, -0.05) is 23.7 Å². The molecule has 0 amide bonds. The monoisotopic (exact) mass is 359 g/mol. The first kappa shape index (κ1) is 17.8. The molecule has 3 rings (SSSR count). The van der Waals surface area contributed by atoms with Gasteiger partial charge in [0.25, 0.3) is 0 Å². The number of guanidine groups is 1. The zero-order valence-corrected chi connectivity index (χ0v) is 16.1. The van der Waals surface area contributed by atoms with Crippen molar-refractivity contribution in [1.29, 1.82) is 0 Å². The molecule has 1 aromatic heterocycles. The molecule has 2 aromatic rings. The molecule has 0 atom stereocenters. The summed E-state index contributed by atoms with van der Waals surface area (Å²) in [6.07, 6.45) is 2.39. The first-order valence-corrected chi connectivity index (χ1v) is 9.02. The van der Waals surface area contributed by atoms with Crippen molar-refractivity contribution in [2.24, 2.45) is 12.0 Å². The summed E-state index contributed by atoms with van der Waals surface area (Å²) >= 11 is 6.01. The summed E-state index contributed by atoms with van der Waals surface area (Å²) in [6.45, 7) is 5.73. The number of benzene rings is 1. The smallest absolute Gasteiger partial charge is 0.191 e. The third-order valence-electron chi connectivity index (χ3n) is 5.22. The molecule has 1 heterocycles. The molecule has 25 heavy (non-hydrogen) atoms. The van der Waals surface area contributed by atoms with Crippen LogP contribution in [0.25, 0.3) is 0 Å². The van der Waals surface area contributed by atoms with E-state index in [1.54, 1.807) is 7.05 Å². The minimum absolute atomic E-state index is 0.211. The van der Waals surface area contributed by atoms with Crippen LogP contribution < -0.4 is 10.6 Å². The molecule has 0 spiro atoms. The molecular formula is C19H26ClN5. The van der Waals surface area contributed by atoms with Crippen molar-refractivity contribution in [2.75, 3.05) is 13.6 Å². The summed E-state index contributed by atoms with van der Waals surface area (Å²) < 4.78 is 1.92. The van der Waals surface area contributed by atoms with Crippen LogP contribution in [-0.4, -0.2) is 29.3 Å². The Balaban J connectivity index is 1.59. The maximum Gasteiger partial charge on any atom is 0.191 e. The van der Waals surface area contributed by atoms with E-state index in [0.29, 0.717) is 0 Å². The zero-order chi connectivity index (χ0) is 18.0. The minimum Gasteiger partial charge on any atom is -0.356 e. The van der Waals surface area contributed by atoms with Crippen molar-refractivity contribution in [3.63, 3.8) is 0 Å². The summed E-state index contributed by atoms with van der Waals surface area (Å²) in [7, 11) is 3.78. The van der Waals surface area contributed by atoms with Crippen LogP contribution in [-0.2, 0) is 19.0 Å². The lowest BCUT2D eigenvalue weighted by atomic mass is 9.96. The lowest BCUT2D eigenvalue weighted by molar-refractivity contribution is 0.645. The second-order valence-electron chi connectivity index (χ2n) is 6.84. The van der Waals surface area contributed by atoms with Crippen molar-refractivity contribution in [3.8, 4) is 0 Å². The van der Waals surface area contributed by atoms with Crippen molar-refractivity contribution in [1.82, 2.24) is 20.4 Å². The lowest BCUT2D eigenvalue weighted by Crippen LogP contribution is -2.41. The third kappa shape index (κ3) is 3.82.